The second kappa shape index (κ2) is 5.16. The van der Waals surface area contributed by atoms with E-state index in [1.807, 2.05) is 0 Å². The van der Waals surface area contributed by atoms with Crippen LogP contribution in [0.5, 0.6) is 0 Å². The SMILES string of the molecule is CCOC(CC(F)(F)F)c1ccccc1. The van der Waals surface area contributed by atoms with Gasteiger partial charge in [0, 0.05) is 6.61 Å². The highest BCUT2D eigenvalue weighted by molar-refractivity contribution is 5.17. The summed E-state index contributed by atoms with van der Waals surface area (Å²) in [6.07, 6.45) is -6.03. The predicted octanol–water partition coefficient (Wildman–Crippen LogP) is 3.72. The normalized spacial score (nSPS) is 13.9. The molecule has 0 fully saturated rings. The Bertz CT molecular complexity index is 282. The third kappa shape index (κ3) is 4.34. The molecule has 0 saturated carbocycles. The van der Waals surface area contributed by atoms with Crippen LogP contribution >= 0.6 is 0 Å². The molecule has 0 N–H and O–H groups in total. The lowest BCUT2D eigenvalue weighted by atomic mass is 10.1. The molecule has 0 radical (unpaired) electrons. The fraction of sp³-hybridized carbons (Fsp3) is 0.455. The van der Waals surface area contributed by atoms with Gasteiger partial charge in [0.15, 0.2) is 0 Å². The van der Waals surface area contributed by atoms with Gasteiger partial charge in [0.2, 0.25) is 0 Å². The van der Waals surface area contributed by atoms with E-state index in [0.717, 1.165) is 0 Å². The summed E-state index contributed by atoms with van der Waals surface area (Å²) in [6.45, 7) is 1.96. The van der Waals surface area contributed by atoms with Crippen molar-refractivity contribution in [1.82, 2.24) is 0 Å². The minimum Gasteiger partial charge on any atom is -0.373 e. The minimum atomic E-state index is -4.20. The molecule has 0 bridgehead atoms. The van der Waals surface area contributed by atoms with Gasteiger partial charge in [0.25, 0.3) is 0 Å². The number of hydrogen-bond donors (Lipinski definition) is 0. The van der Waals surface area contributed by atoms with Crippen LogP contribution in [0.25, 0.3) is 0 Å². The van der Waals surface area contributed by atoms with Crippen LogP contribution in [0.3, 0.4) is 0 Å². The van der Waals surface area contributed by atoms with Gasteiger partial charge in [-0.1, -0.05) is 30.3 Å². The van der Waals surface area contributed by atoms with E-state index >= 15 is 0 Å². The Morgan fingerprint density at radius 2 is 1.80 bits per heavy atom. The van der Waals surface area contributed by atoms with E-state index in [1.54, 1.807) is 37.3 Å². The molecule has 4 heteroatoms. The lowest BCUT2D eigenvalue weighted by Crippen LogP contribution is -2.16. The third-order valence-electron chi connectivity index (χ3n) is 1.96. The van der Waals surface area contributed by atoms with Gasteiger partial charge in [0.1, 0.15) is 0 Å². The topological polar surface area (TPSA) is 9.23 Å². The highest BCUT2D eigenvalue weighted by Crippen LogP contribution is 2.31. The Morgan fingerprint density at radius 1 is 1.20 bits per heavy atom. The van der Waals surface area contributed by atoms with Gasteiger partial charge in [0.05, 0.1) is 12.5 Å². The average Bonchev–Trinajstić information content (AvgIpc) is 2.17. The van der Waals surface area contributed by atoms with Crippen LogP contribution in [-0.4, -0.2) is 12.8 Å². The molecule has 1 atom stereocenters. The first-order chi connectivity index (χ1) is 7.03. The molecule has 0 aromatic heterocycles. The summed E-state index contributed by atoms with van der Waals surface area (Å²) < 4.78 is 41.8. The van der Waals surface area contributed by atoms with E-state index in [4.69, 9.17) is 4.74 Å². The summed E-state index contributed by atoms with van der Waals surface area (Å²) in [5, 5.41) is 0. The standard InChI is InChI=1S/C11H13F3O/c1-2-15-10(8-11(12,13)14)9-6-4-3-5-7-9/h3-7,10H,2,8H2,1H3. The monoisotopic (exact) mass is 218 g/mol. The summed E-state index contributed by atoms with van der Waals surface area (Å²) in [6, 6.07) is 8.47. The van der Waals surface area contributed by atoms with Gasteiger partial charge in [-0.2, -0.15) is 13.2 Å². The average molecular weight is 218 g/mol. The Kier molecular flexibility index (Phi) is 4.15. The summed E-state index contributed by atoms with van der Waals surface area (Å²) in [7, 11) is 0. The van der Waals surface area contributed by atoms with Gasteiger partial charge in [-0.3, -0.25) is 0 Å². The molecule has 0 aliphatic heterocycles. The van der Waals surface area contributed by atoms with Crippen LogP contribution in [-0.2, 0) is 4.74 Å². The molecule has 0 heterocycles. The zero-order valence-corrected chi connectivity index (χ0v) is 8.42. The molecular formula is C11H13F3O. The number of rotatable bonds is 4. The molecule has 15 heavy (non-hydrogen) atoms. The van der Waals surface area contributed by atoms with E-state index in [2.05, 4.69) is 0 Å². The summed E-state index contributed by atoms with van der Waals surface area (Å²) in [4.78, 5) is 0. The summed E-state index contributed by atoms with van der Waals surface area (Å²) >= 11 is 0. The van der Waals surface area contributed by atoms with Gasteiger partial charge in [-0.25, -0.2) is 0 Å². The highest BCUT2D eigenvalue weighted by Gasteiger charge is 2.32. The maximum Gasteiger partial charge on any atom is 0.391 e. The summed E-state index contributed by atoms with van der Waals surface area (Å²) in [5.41, 5.74) is 0.566. The van der Waals surface area contributed by atoms with Gasteiger partial charge in [-0.05, 0) is 12.5 Å². The van der Waals surface area contributed by atoms with Gasteiger partial charge >= 0.3 is 6.18 Å². The minimum absolute atomic E-state index is 0.273. The third-order valence-corrected chi connectivity index (χ3v) is 1.96. The van der Waals surface area contributed by atoms with Crippen molar-refractivity contribution in [1.29, 1.82) is 0 Å². The molecule has 84 valence electrons. The molecule has 1 unspecified atom stereocenters. The molecule has 1 nitrogen and oxygen atoms in total. The number of hydrogen-bond acceptors (Lipinski definition) is 1. The number of benzene rings is 1. The van der Waals surface area contributed by atoms with E-state index in [9.17, 15) is 13.2 Å². The van der Waals surface area contributed by atoms with Crippen LogP contribution < -0.4 is 0 Å². The van der Waals surface area contributed by atoms with Gasteiger partial charge < -0.3 is 4.74 Å². The molecule has 0 aliphatic rings. The fourth-order valence-corrected chi connectivity index (χ4v) is 1.35. The smallest absolute Gasteiger partial charge is 0.373 e. The van der Waals surface area contributed by atoms with Crippen molar-refractivity contribution in [2.24, 2.45) is 0 Å². The number of alkyl halides is 3. The van der Waals surface area contributed by atoms with E-state index in [-0.39, 0.29) is 6.61 Å². The van der Waals surface area contributed by atoms with Crippen LogP contribution in [0.2, 0.25) is 0 Å². The zero-order chi connectivity index (χ0) is 11.3. The fourth-order valence-electron chi connectivity index (χ4n) is 1.35. The van der Waals surface area contributed by atoms with Gasteiger partial charge in [-0.15, -0.1) is 0 Å². The molecule has 0 aliphatic carbocycles. The van der Waals surface area contributed by atoms with Crippen molar-refractivity contribution in [3.05, 3.63) is 35.9 Å². The van der Waals surface area contributed by atoms with Crippen LogP contribution in [0.4, 0.5) is 13.2 Å². The summed E-state index contributed by atoms with van der Waals surface area (Å²) in [5.74, 6) is 0. The van der Waals surface area contributed by atoms with Crippen molar-refractivity contribution in [3.8, 4) is 0 Å². The number of ether oxygens (including phenoxy) is 1. The first kappa shape index (κ1) is 12.0. The Hall–Kier alpha value is -1.03. The molecule has 0 amide bonds. The van der Waals surface area contributed by atoms with Crippen molar-refractivity contribution in [3.63, 3.8) is 0 Å². The molecule has 0 saturated heterocycles. The lowest BCUT2D eigenvalue weighted by molar-refractivity contribution is -0.161. The quantitative estimate of drug-likeness (QED) is 0.748. The maximum atomic E-state index is 12.2. The largest absolute Gasteiger partial charge is 0.391 e. The predicted molar refractivity (Wildman–Crippen MR) is 51.5 cm³/mol. The lowest BCUT2D eigenvalue weighted by Gasteiger charge is -2.18. The van der Waals surface area contributed by atoms with Crippen molar-refractivity contribution in [2.45, 2.75) is 25.6 Å². The molecule has 0 spiro atoms. The second-order valence-corrected chi connectivity index (χ2v) is 3.17. The van der Waals surface area contributed by atoms with Crippen LogP contribution in [0, 0.1) is 0 Å². The maximum absolute atomic E-state index is 12.2. The molecule has 1 rings (SSSR count). The van der Waals surface area contributed by atoms with Crippen LogP contribution in [0.15, 0.2) is 30.3 Å². The van der Waals surface area contributed by atoms with Crippen molar-refractivity contribution >= 4 is 0 Å². The highest BCUT2D eigenvalue weighted by atomic mass is 19.4. The first-order valence-corrected chi connectivity index (χ1v) is 4.76. The van der Waals surface area contributed by atoms with E-state index < -0.39 is 18.7 Å². The Morgan fingerprint density at radius 3 is 2.27 bits per heavy atom. The second-order valence-electron chi connectivity index (χ2n) is 3.17. The van der Waals surface area contributed by atoms with Crippen molar-refractivity contribution < 1.29 is 17.9 Å². The van der Waals surface area contributed by atoms with Crippen molar-refractivity contribution in [2.75, 3.05) is 6.61 Å². The zero-order valence-electron chi connectivity index (χ0n) is 8.42. The Balaban J connectivity index is 2.75. The molecule has 1 aromatic rings. The Labute approximate surface area is 86.9 Å². The van der Waals surface area contributed by atoms with Crippen LogP contribution in [0.1, 0.15) is 25.0 Å². The van der Waals surface area contributed by atoms with E-state index in [1.165, 1.54) is 0 Å². The van der Waals surface area contributed by atoms with E-state index in [0.29, 0.717) is 5.56 Å². The number of halogens is 3. The molecular weight excluding hydrogens is 205 g/mol. The molecule has 1 aromatic carbocycles. The first-order valence-electron chi connectivity index (χ1n) is 4.76.